The molecule has 0 N–H and O–H groups in total. The maximum absolute atomic E-state index is 13.2. The van der Waals surface area contributed by atoms with E-state index in [1.54, 1.807) is 12.1 Å². The Bertz CT molecular complexity index is 983. The minimum atomic E-state index is -0.0658. The molecule has 1 saturated heterocycles. The van der Waals surface area contributed by atoms with E-state index in [-0.39, 0.29) is 11.9 Å². The summed E-state index contributed by atoms with van der Waals surface area (Å²) in [7, 11) is 0. The number of halogens is 1. The number of aryl methyl sites for hydroxylation is 2. The molecule has 1 unspecified atom stereocenters. The molecule has 1 fully saturated rings. The van der Waals surface area contributed by atoms with Gasteiger partial charge in [-0.15, -0.1) is 11.3 Å². The summed E-state index contributed by atoms with van der Waals surface area (Å²) in [6, 6.07) is 9.01. The first-order valence-electron chi connectivity index (χ1n) is 9.10. The maximum atomic E-state index is 13.2. The number of carbonyl (C=O) groups is 1. The van der Waals surface area contributed by atoms with E-state index in [9.17, 15) is 4.79 Å². The highest BCUT2D eigenvalue weighted by atomic mass is 35.5. The quantitative estimate of drug-likeness (QED) is 0.587. The molecule has 1 aromatic carbocycles. The predicted molar refractivity (Wildman–Crippen MR) is 107 cm³/mol. The van der Waals surface area contributed by atoms with Crippen LogP contribution in [0.2, 0.25) is 5.02 Å². The summed E-state index contributed by atoms with van der Waals surface area (Å²) in [5.74, 6) is 1.45. The summed E-state index contributed by atoms with van der Waals surface area (Å²) in [4.78, 5) is 20.2. The summed E-state index contributed by atoms with van der Waals surface area (Å²) >= 11 is 7.27. The molecule has 3 aromatic rings. The third-order valence-corrected chi connectivity index (χ3v) is 6.07. The van der Waals surface area contributed by atoms with Crippen LogP contribution < -0.4 is 4.74 Å². The second kappa shape index (κ2) is 7.93. The first-order chi connectivity index (χ1) is 13.5. The highest BCUT2D eigenvalue weighted by Crippen LogP contribution is 2.35. The molecule has 0 radical (unpaired) electrons. The Kier molecular flexibility index (Phi) is 5.37. The Morgan fingerprint density at radius 1 is 1.36 bits per heavy atom. The molecule has 1 amide bonds. The number of aromatic nitrogens is 2. The van der Waals surface area contributed by atoms with Gasteiger partial charge in [0.15, 0.2) is 5.76 Å². The van der Waals surface area contributed by atoms with Gasteiger partial charge in [-0.25, -0.2) is 4.98 Å². The SMILES string of the molecule is Cc1cc(C2CCCN2C(=O)c2sc(COc3ccc(Cl)cc3)nc2C)on1. The van der Waals surface area contributed by atoms with Crippen LogP contribution in [0.5, 0.6) is 5.75 Å². The highest BCUT2D eigenvalue weighted by Gasteiger charge is 2.34. The zero-order chi connectivity index (χ0) is 19.7. The molecular weight excluding hydrogens is 398 g/mol. The molecule has 28 heavy (non-hydrogen) atoms. The lowest BCUT2D eigenvalue weighted by Crippen LogP contribution is -2.30. The fourth-order valence-electron chi connectivity index (χ4n) is 3.36. The van der Waals surface area contributed by atoms with Crippen molar-refractivity contribution in [3.8, 4) is 5.75 Å². The molecule has 0 saturated carbocycles. The molecule has 146 valence electrons. The highest BCUT2D eigenvalue weighted by molar-refractivity contribution is 7.13. The molecule has 1 atom stereocenters. The number of hydrogen-bond acceptors (Lipinski definition) is 6. The number of hydrogen-bond donors (Lipinski definition) is 0. The van der Waals surface area contributed by atoms with Crippen LogP contribution in [0.1, 0.15) is 50.7 Å². The van der Waals surface area contributed by atoms with E-state index in [0.717, 1.165) is 35.0 Å². The van der Waals surface area contributed by atoms with E-state index >= 15 is 0 Å². The molecule has 8 heteroatoms. The van der Waals surface area contributed by atoms with Crippen LogP contribution in [0.15, 0.2) is 34.9 Å². The van der Waals surface area contributed by atoms with Crippen molar-refractivity contribution in [2.45, 2.75) is 39.3 Å². The predicted octanol–water partition coefficient (Wildman–Crippen LogP) is 4.96. The van der Waals surface area contributed by atoms with Crippen molar-refractivity contribution >= 4 is 28.8 Å². The van der Waals surface area contributed by atoms with Gasteiger partial charge in [-0.2, -0.15) is 0 Å². The average molecular weight is 418 g/mol. The molecule has 6 nitrogen and oxygen atoms in total. The van der Waals surface area contributed by atoms with Crippen molar-refractivity contribution in [2.24, 2.45) is 0 Å². The van der Waals surface area contributed by atoms with E-state index < -0.39 is 0 Å². The first-order valence-corrected chi connectivity index (χ1v) is 10.3. The molecular formula is C20H20ClN3O3S. The Hall–Kier alpha value is -2.38. The van der Waals surface area contributed by atoms with Crippen molar-refractivity contribution in [1.29, 1.82) is 0 Å². The normalized spacial score (nSPS) is 16.5. The lowest BCUT2D eigenvalue weighted by Gasteiger charge is -2.22. The number of ether oxygens (including phenoxy) is 1. The number of amides is 1. The average Bonchev–Trinajstić information content (AvgIpc) is 3.40. The molecule has 2 aromatic heterocycles. The summed E-state index contributed by atoms with van der Waals surface area (Å²) in [5.41, 5.74) is 1.55. The minimum absolute atomic E-state index is 0.00991. The molecule has 1 aliphatic heterocycles. The van der Waals surface area contributed by atoms with E-state index in [4.69, 9.17) is 20.9 Å². The van der Waals surface area contributed by atoms with Crippen molar-refractivity contribution in [3.05, 3.63) is 62.4 Å². The maximum Gasteiger partial charge on any atom is 0.266 e. The minimum Gasteiger partial charge on any atom is -0.486 e. The first kappa shape index (κ1) is 19.0. The van der Waals surface area contributed by atoms with E-state index in [1.807, 2.05) is 36.9 Å². The van der Waals surface area contributed by atoms with Gasteiger partial charge in [0.05, 0.1) is 17.4 Å². The summed E-state index contributed by atoms with van der Waals surface area (Å²) < 4.78 is 11.2. The van der Waals surface area contributed by atoms with E-state index in [2.05, 4.69) is 10.1 Å². The number of rotatable bonds is 5. The van der Waals surface area contributed by atoms with Crippen LogP contribution in [0, 0.1) is 13.8 Å². The van der Waals surface area contributed by atoms with Crippen LogP contribution in [0.4, 0.5) is 0 Å². The van der Waals surface area contributed by atoms with Gasteiger partial charge in [0, 0.05) is 17.6 Å². The second-order valence-corrected chi connectivity index (χ2v) is 8.31. The van der Waals surface area contributed by atoms with Gasteiger partial charge in [0.25, 0.3) is 5.91 Å². The van der Waals surface area contributed by atoms with Gasteiger partial charge in [-0.05, 0) is 51.0 Å². The van der Waals surface area contributed by atoms with Crippen molar-refractivity contribution in [1.82, 2.24) is 15.0 Å². The Balaban J connectivity index is 1.47. The molecule has 4 rings (SSSR count). The third-order valence-electron chi connectivity index (χ3n) is 4.70. The molecule has 0 spiro atoms. The van der Waals surface area contributed by atoms with E-state index in [1.165, 1.54) is 11.3 Å². The largest absolute Gasteiger partial charge is 0.486 e. The fourth-order valence-corrected chi connectivity index (χ4v) is 4.42. The lowest BCUT2D eigenvalue weighted by molar-refractivity contribution is 0.0718. The van der Waals surface area contributed by atoms with Gasteiger partial charge in [-0.3, -0.25) is 4.79 Å². The zero-order valence-corrected chi connectivity index (χ0v) is 17.2. The summed E-state index contributed by atoms with van der Waals surface area (Å²) in [5, 5.41) is 5.39. The van der Waals surface area contributed by atoms with Crippen molar-refractivity contribution < 1.29 is 14.1 Å². The van der Waals surface area contributed by atoms with Crippen LogP contribution >= 0.6 is 22.9 Å². The van der Waals surface area contributed by atoms with Gasteiger partial charge in [-0.1, -0.05) is 16.8 Å². The van der Waals surface area contributed by atoms with Crippen LogP contribution in [0.3, 0.4) is 0 Å². The van der Waals surface area contributed by atoms with Crippen LogP contribution in [0.25, 0.3) is 0 Å². The molecule has 1 aliphatic rings. The van der Waals surface area contributed by atoms with Crippen LogP contribution in [-0.4, -0.2) is 27.5 Å². The zero-order valence-electron chi connectivity index (χ0n) is 15.6. The van der Waals surface area contributed by atoms with Gasteiger partial charge >= 0.3 is 0 Å². The lowest BCUT2D eigenvalue weighted by atomic mass is 10.1. The molecule has 0 bridgehead atoms. The molecule has 0 aliphatic carbocycles. The van der Waals surface area contributed by atoms with E-state index in [0.29, 0.717) is 28.8 Å². The number of benzene rings is 1. The number of nitrogens with zero attached hydrogens (tertiary/aromatic N) is 3. The third kappa shape index (κ3) is 3.91. The van der Waals surface area contributed by atoms with Gasteiger partial charge in [0.1, 0.15) is 22.2 Å². The number of carbonyl (C=O) groups excluding carboxylic acids is 1. The standard InChI is InChI=1S/C20H20ClN3O3S/c1-12-10-17(27-23-12)16-4-3-9-24(16)20(25)19-13(2)22-18(28-19)11-26-15-7-5-14(21)6-8-15/h5-8,10,16H,3-4,9,11H2,1-2H3. The Morgan fingerprint density at radius 3 is 2.86 bits per heavy atom. The fraction of sp³-hybridized carbons (Fsp3) is 0.350. The van der Waals surface area contributed by atoms with Crippen molar-refractivity contribution in [2.75, 3.05) is 6.54 Å². The smallest absolute Gasteiger partial charge is 0.266 e. The Labute approximate surface area is 172 Å². The summed E-state index contributed by atoms with van der Waals surface area (Å²) in [6.07, 6.45) is 1.82. The van der Waals surface area contributed by atoms with Crippen LogP contribution in [-0.2, 0) is 6.61 Å². The van der Waals surface area contributed by atoms with Gasteiger partial charge < -0.3 is 14.2 Å². The van der Waals surface area contributed by atoms with Crippen molar-refractivity contribution in [3.63, 3.8) is 0 Å². The Morgan fingerprint density at radius 2 is 2.14 bits per heavy atom. The monoisotopic (exact) mass is 417 g/mol. The topological polar surface area (TPSA) is 68.5 Å². The summed E-state index contributed by atoms with van der Waals surface area (Å²) in [6.45, 7) is 4.76. The second-order valence-electron chi connectivity index (χ2n) is 6.79. The number of thiazole rings is 1. The number of likely N-dealkylation sites (tertiary alicyclic amines) is 1. The van der Waals surface area contributed by atoms with Gasteiger partial charge in [0.2, 0.25) is 0 Å². The molecule has 3 heterocycles.